The van der Waals surface area contributed by atoms with Crippen LogP contribution in [0.5, 0.6) is 5.75 Å². The highest BCUT2D eigenvalue weighted by Crippen LogP contribution is 2.15. The first-order valence-electron chi connectivity index (χ1n) is 7.92. The third-order valence-corrected chi connectivity index (χ3v) is 3.82. The van der Waals surface area contributed by atoms with E-state index >= 15 is 0 Å². The van der Waals surface area contributed by atoms with Gasteiger partial charge in [0.15, 0.2) is 0 Å². The lowest BCUT2D eigenvalue weighted by Gasteiger charge is -2.21. The molecule has 1 N–H and O–H groups in total. The number of carbonyl (C=O) groups is 1. The Hall–Kier alpha value is -2.59. The second-order valence-corrected chi connectivity index (χ2v) is 5.66. The maximum Gasteiger partial charge on any atom is 0.246 e. The van der Waals surface area contributed by atoms with Gasteiger partial charge in [-0.15, -0.1) is 0 Å². The van der Waals surface area contributed by atoms with Crippen molar-refractivity contribution in [2.45, 2.75) is 19.6 Å². The molecule has 2 aromatic carbocycles. The predicted molar refractivity (Wildman–Crippen MR) is 95.6 cm³/mol. The van der Waals surface area contributed by atoms with Crippen molar-refractivity contribution in [3.63, 3.8) is 0 Å². The van der Waals surface area contributed by atoms with Crippen molar-refractivity contribution in [1.82, 2.24) is 4.90 Å². The van der Waals surface area contributed by atoms with Crippen LogP contribution in [0.3, 0.4) is 0 Å². The molecule has 1 unspecified atom stereocenters. The molecule has 0 aliphatic heterocycles. The fraction of sp³-hybridized carbons (Fsp3) is 0.250. The first-order chi connectivity index (χ1) is 11.6. The van der Waals surface area contributed by atoms with E-state index < -0.39 is 0 Å². The number of aliphatic hydroxyl groups is 1. The maximum atomic E-state index is 11.9. The van der Waals surface area contributed by atoms with Crippen LogP contribution in [-0.4, -0.2) is 35.6 Å². The number of benzene rings is 2. The standard InChI is InChI=1S/C20H23NO3/c1-16(14-22)21(2)20(23)13-10-17-8-11-19(12-9-17)24-15-18-6-4-3-5-7-18/h3-13,16,22H,14-15H2,1-2H3/b13-10+. The van der Waals surface area contributed by atoms with E-state index in [0.717, 1.165) is 16.9 Å². The molecule has 0 bridgehead atoms. The van der Waals surface area contributed by atoms with Crippen LogP contribution in [0.25, 0.3) is 6.08 Å². The largest absolute Gasteiger partial charge is 0.489 e. The molecule has 24 heavy (non-hydrogen) atoms. The van der Waals surface area contributed by atoms with Crippen molar-refractivity contribution in [3.05, 3.63) is 71.8 Å². The smallest absolute Gasteiger partial charge is 0.246 e. The van der Waals surface area contributed by atoms with E-state index in [0.29, 0.717) is 6.61 Å². The summed E-state index contributed by atoms with van der Waals surface area (Å²) in [6, 6.07) is 17.4. The number of hydrogen-bond donors (Lipinski definition) is 1. The topological polar surface area (TPSA) is 49.8 Å². The Balaban J connectivity index is 1.89. The first-order valence-corrected chi connectivity index (χ1v) is 7.92. The highest BCUT2D eigenvalue weighted by molar-refractivity contribution is 5.91. The van der Waals surface area contributed by atoms with Gasteiger partial charge in [-0.25, -0.2) is 0 Å². The van der Waals surface area contributed by atoms with Crippen molar-refractivity contribution < 1.29 is 14.6 Å². The van der Waals surface area contributed by atoms with Gasteiger partial charge >= 0.3 is 0 Å². The average molecular weight is 325 g/mol. The summed E-state index contributed by atoms with van der Waals surface area (Å²) >= 11 is 0. The molecule has 4 heteroatoms. The Kier molecular flexibility index (Phi) is 6.58. The van der Waals surface area contributed by atoms with Crippen molar-refractivity contribution in [2.24, 2.45) is 0 Å². The Morgan fingerprint density at radius 1 is 1.17 bits per heavy atom. The molecule has 4 nitrogen and oxygen atoms in total. The summed E-state index contributed by atoms with van der Waals surface area (Å²) in [5, 5.41) is 9.07. The van der Waals surface area contributed by atoms with Gasteiger partial charge in [0.05, 0.1) is 12.6 Å². The number of likely N-dealkylation sites (N-methyl/N-ethyl adjacent to an activating group) is 1. The van der Waals surface area contributed by atoms with E-state index in [2.05, 4.69) is 0 Å². The van der Waals surface area contributed by atoms with E-state index in [4.69, 9.17) is 9.84 Å². The highest BCUT2D eigenvalue weighted by Gasteiger charge is 2.11. The summed E-state index contributed by atoms with van der Waals surface area (Å²) in [6.45, 7) is 2.27. The third-order valence-electron chi connectivity index (χ3n) is 3.82. The van der Waals surface area contributed by atoms with E-state index in [9.17, 15) is 4.79 Å². The number of ether oxygens (including phenoxy) is 1. The van der Waals surface area contributed by atoms with Crippen LogP contribution in [0.2, 0.25) is 0 Å². The SMILES string of the molecule is CC(CO)N(C)C(=O)/C=C/c1ccc(OCc2ccccc2)cc1. The van der Waals surface area contributed by atoms with Crippen LogP contribution in [0.1, 0.15) is 18.1 Å². The molecular formula is C20H23NO3. The fourth-order valence-electron chi connectivity index (χ4n) is 2.04. The summed E-state index contributed by atoms with van der Waals surface area (Å²) < 4.78 is 5.73. The minimum atomic E-state index is -0.198. The second kappa shape index (κ2) is 8.89. The molecular weight excluding hydrogens is 302 g/mol. The minimum Gasteiger partial charge on any atom is -0.489 e. The summed E-state index contributed by atoms with van der Waals surface area (Å²) in [7, 11) is 1.67. The zero-order chi connectivity index (χ0) is 17.4. The molecule has 0 aliphatic carbocycles. The zero-order valence-corrected chi connectivity index (χ0v) is 14.1. The predicted octanol–water partition coefficient (Wildman–Crippen LogP) is 3.12. The van der Waals surface area contributed by atoms with Gasteiger partial charge in [0.2, 0.25) is 5.91 Å². The lowest BCUT2D eigenvalue weighted by Crippen LogP contribution is -2.36. The molecule has 2 aromatic rings. The van der Waals surface area contributed by atoms with Gasteiger partial charge in [-0.1, -0.05) is 42.5 Å². The van der Waals surface area contributed by atoms with Gasteiger partial charge < -0.3 is 14.7 Å². The summed E-state index contributed by atoms with van der Waals surface area (Å²) in [6.07, 6.45) is 3.26. The third kappa shape index (κ3) is 5.25. The van der Waals surface area contributed by atoms with Crippen molar-refractivity contribution in [3.8, 4) is 5.75 Å². The van der Waals surface area contributed by atoms with Crippen LogP contribution in [0.4, 0.5) is 0 Å². The van der Waals surface area contributed by atoms with Crippen LogP contribution in [0.15, 0.2) is 60.7 Å². The lowest BCUT2D eigenvalue weighted by atomic mass is 10.2. The molecule has 0 saturated heterocycles. The molecule has 0 heterocycles. The molecule has 0 spiro atoms. The van der Waals surface area contributed by atoms with Gasteiger partial charge in [0.25, 0.3) is 0 Å². The summed E-state index contributed by atoms with van der Waals surface area (Å²) in [5.41, 5.74) is 2.04. The lowest BCUT2D eigenvalue weighted by molar-refractivity contribution is -0.127. The van der Waals surface area contributed by atoms with E-state index in [1.54, 1.807) is 20.0 Å². The molecule has 0 aliphatic rings. The number of aliphatic hydroxyl groups excluding tert-OH is 1. The molecule has 126 valence electrons. The van der Waals surface area contributed by atoms with E-state index in [-0.39, 0.29) is 18.6 Å². The fourth-order valence-corrected chi connectivity index (χ4v) is 2.04. The molecule has 0 saturated carbocycles. The van der Waals surface area contributed by atoms with Gasteiger partial charge in [0.1, 0.15) is 12.4 Å². The molecule has 0 aromatic heterocycles. The number of nitrogens with zero attached hydrogens (tertiary/aromatic N) is 1. The van der Waals surface area contributed by atoms with Gasteiger partial charge in [-0.2, -0.15) is 0 Å². The van der Waals surface area contributed by atoms with Crippen molar-refractivity contribution in [1.29, 1.82) is 0 Å². The Morgan fingerprint density at radius 3 is 2.46 bits per heavy atom. The zero-order valence-electron chi connectivity index (χ0n) is 14.1. The van der Waals surface area contributed by atoms with Crippen LogP contribution in [0, 0.1) is 0 Å². The van der Waals surface area contributed by atoms with E-state index in [1.165, 1.54) is 11.0 Å². The number of hydrogen-bond acceptors (Lipinski definition) is 3. The molecule has 2 rings (SSSR count). The van der Waals surface area contributed by atoms with Gasteiger partial charge in [-0.05, 0) is 36.3 Å². The average Bonchev–Trinajstić information content (AvgIpc) is 2.64. The number of carbonyl (C=O) groups excluding carboxylic acids is 1. The Labute approximate surface area is 143 Å². The molecule has 1 atom stereocenters. The van der Waals surface area contributed by atoms with Gasteiger partial charge in [0, 0.05) is 13.1 Å². The van der Waals surface area contributed by atoms with E-state index in [1.807, 2.05) is 54.6 Å². The number of rotatable bonds is 7. The number of amides is 1. The van der Waals surface area contributed by atoms with Crippen molar-refractivity contribution in [2.75, 3.05) is 13.7 Å². The molecule has 0 radical (unpaired) electrons. The Morgan fingerprint density at radius 2 is 1.83 bits per heavy atom. The summed E-state index contributed by atoms with van der Waals surface area (Å²) in [5.74, 6) is 0.648. The minimum absolute atomic E-state index is 0.0521. The highest BCUT2D eigenvalue weighted by atomic mass is 16.5. The van der Waals surface area contributed by atoms with Crippen LogP contribution < -0.4 is 4.74 Å². The summed E-state index contributed by atoms with van der Waals surface area (Å²) in [4.78, 5) is 13.5. The molecule has 0 fully saturated rings. The monoisotopic (exact) mass is 325 g/mol. The Bertz CT molecular complexity index is 665. The van der Waals surface area contributed by atoms with Crippen molar-refractivity contribution >= 4 is 12.0 Å². The van der Waals surface area contributed by atoms with Crippen LogP contribution >= 0.6 is 0 Å². The second-order valence-electron chi connectivity index (χ2n) is 5.66. The van der Waals surface area contributed by atoms with Crippen LogP contribution in [-0.2, 0) is 11.4 Å². The normalized spacial score (nSPS) is 12.1. The molecule has 1 amide bonds. The quantitative estimate of drug-likeness (QED) is 0.796. The maximum absolute atomic E-state index is 11.9. The first kappa shape index (κ1) is 17.8. The van der Waals surface area contributed by atoms with Gasteiger partial charge in [-0.3, -0.25) is 4.79 Å².